The molecule has 1 aliphatic heterocycles. The summed E-state index contributed by atoms with van der Waals surface area (Å²) in [6, 6.07) is 8.16. The van der Waals surface area contributed by atoms with Crippen molar-refractivity contribution >= 4 is 23.3 Å². The molecule has 28 heavy (non-hydrogen) atoms. The van der Waals surface area contributed by atoms with Crippen molar-refractivity contribution < 1.29 is 19.1 Å². The van der Waals surface area contributed by atoms with E-state index in [1.165, 1.54) is 33.5 Å². The Morgan fingerprint density at radius 1 is 1.00 bits per heavy atom. The van der Waals surface area contributed by atoms with E-state index in [2.05, 4.69) is 5.32 Å². The molecular formula is C22H26N2O4. The number of allylic oxidation sites excluding steroid dienone is 2. The standard InChI is InChI=1S/C22H26N2O4/c1-27-21(25)17-12-8-9-15-24(20(17)22(26)28-2)19-14-7-6-13-18(19)23-16-10-4-3-5-11-16/h6-9,12-16,23H,3-5,10-11H2,1-2H3. The van der Waals surface area contributed by atoms with Gasteiger partial charge in [-0.3, -0.25) is 0 Å². The molecule has 0 bridgehead atoms. The minimum absolute atomic E-state index is 0.122. The van der Waals surface area contributed by atoms with Crippen LogP contribution in [-0.4, -0.2) is 32.2 Å². The number of nitrogens with one attached hydrogen (secondary N) is 1. The fourth-order valence-corrected chi connectivity index (χ4v) is 3.62. The van der Waals surface area contributed by atoms with Gasteiger partial charge in [0.25, 0.3) is 0 Å². The number of benzene rings is 1. The Morgan fingerprint density at radius 3 is 2.43 bits per heavy atom. The average molecular weight is 382 g/mol. The van der Waals surface area contributed by atoms with Crippen molar-refractivity contribution in [2.75, 3.05) is 24.4 Å². The molecule has 148 valence electrons. The summed E-state index contributed by atoms with van der Waals surface area (Å²) in [7, 11) is 2.59. The highest BCUT2D eigenvalue weighted by atomic mass is 16.5. The number of rotatable bonds is 5. The molecule has 1 aromatic rings. The molecule has 1 aromatic carbocycles. The lowest BCUT2D eigenvalue weighted by Crippen LogP contribution is -2.29. The highest BCUT2D eigenvalue weighted by Gasteiger charge is 2.28. The van der Waals surface area contributed by atoms with Crippen LogP contribution < -0.4 is 10.2 Å². The van der Waals surface area contributed by atoms with E-state index in [-0.39, 0.29) is 11.3 Å². The van der Waals surface area contributed by atoms with Crippen molar-refractivity contribution in [3.05, 3.63) is 60.0 Å². The summed E-state index contributed by atoms with van der Waals surface area (Å²) >= 11 is 0. The lowest BCUT2D eigenvalue weighted by molar-refractivity contribution is -0.139. The third-order valence-electron chi connectivity index (χ3n) is 5.02. The second-order valence-electron chi connectivity index (χ2n) is 6.81. The van der Waals surface area contributed by atoms with E-state index in [1.807, 2.05) is 24.3 Å². The number of hydrogen-bond donors (Lipinski definition) is 1. The van der Waals surface area contributed by atoms with Gasteiger partial charge in [0.05, 0.1) is 31.2 Å². The summed E-state index contributed by atoms with van der Waals surface area (Å²) in [5.41, 5.74) is 1.95. The van der Waals surface area contributed by atoms with E-state index in [4.69, 9.17) is 9.47 Å². The minimum atomic E-state index is -0.607. The zero-order valence-electron chi connectivity index (χ0n) is 16.3. The van der Waals surface area contributed by atoms with Gasteiger partial charge < -0.3 is 19.7 Å². The van der Waals surface area contributed by atoms with Crippen LogP contribution in [-0.2, 0) is 19.1 Å². The molecule has 0 amide bonds. The van der Waals surface area contributed by atoms with Gasteiger partial charge in [0.15, 0.2) is 0 Å². The molecule has 1 saturated carbocycles. The fourth-order valence-electron chi connectivity index (χ4n) is 3.62. The van der Waals surface area contributed by atoms with Crippen LogP contribution in [0.25, 0.3) is 0 Å². The van der Waals surface area contributed by atoms with Crippen molar-refractivity contribution in [1.82, 2.24) is 0 Å². The predicted octanol–water partition coefficient (Wildman–Crippen LogP) is 3.92. The maximum absolute atomic E-state index is 12.6. The molecule has 1 N–H and O–H groups in total. The monoisotopic (exact) mass is 382 g/mol. The minimum Gasteiger partial charge on any atom is -0.465 e. The van der Waals surface area contributed by atoms with Gasteiger partial charge >= 0.3 is 11.9 Å². The second kappa shape index (κ2) is 9.26. The molecular weight excluding hydrogens is 356 g/mol. The number of nitrogens with zero attached hydrogens (tertiary/aromatic N) is 1. The van der Waals surface area contributed by atoms with E-state index in [0.29, 0.717) is 6.04 Å². The first-order valence-corrected chi connectivity index (χ1v) is 9.56. The highest BCUT2D eigenvalue weighted by molar-refractivity contribution is 6.06. The zero-order chi connectivity index (χ0) is 19.9. The molecule has 2 aliphatic rings. The molecule has 0 aromatic heterocycles. The summed E-state index contributed by atoms with van der Waals surface area (Å²) in [5.74, 6) is -1.20. The topological polar surface area (TPSA) is 67.9 Å². The van der Waals surface area contributed by atoms with E-state index in [1.54, 1.807) is 29.3 Å². The van der Waals surface area contributed by atoms with Crippen LogP contribution in [0.3, 0.4) is 0 Å². The second-order valence-corrected chi connectivity index (χ2v) is 6.81. The van der Waals surface area contributed by atoms with E-state index in [0.717, 1.165) is 24.2 Å². The smallest absolute Gasteiger partial charge is 0.355 e. The largest absolute Gasteiger partial charge is 0.465 e. The maximum Gasteiger partial charge on any atom is 0.355 e. The molecule has 6 heteroatoms. The fraction of sp³-hybridized carbons (Fsp3) is 0.364. The Kier molecular flexibility index (Phi) is 6.53. The van der Waals surface area contributed by atoms with Crippen LogP contribution in [0.4, 0.5) is 11.4 Å². The third kappa shape index (κ3) is 4.27. The zero-order valence-corrected chi connectivity index (χ0v) is 16.3. The Morgan fingerprint density at radius 2 is 1.71 bits per heavy atom. The molecule has 6 nitrogen and oxygen atoms in total. The van der Waals surface area contributed by atoms with Gasteiger partial charge in [-0.05, 0) is 37.1 Å². The highest BCUT2D eigenvalue weighted by Crippen LogP contribution is 2.34. The van der Waals surface area contributed by atoms with Crippen LogP contribution >= 0.6 is 0 Å². The quantitative estimate of drug-likeness (QED) is 0.779. The number of carbonyl (C=O) groups excluding carboxylic acids is 2. The number of hydrogen-bond acceptors (Lipinski definition) is 6. The lowest BCUT2D eigenvalue weighted by Gasteiger charge is -2.29. The van der Waals surface area contributed by atoms with E-state index < -0.39 is 11.9 Å². The van der Waals surface area contributed by atoms with Crippen molar-refractivity contribution in [2.24, 2.45) is 0 Å². The SMILES string of the molecule is COC(=O)C1=C(C(=O)OC)N(c2ccccc2NC2CCCCC2)C=CC=C1. The number of methoxy groups -OCH3 is 2. The van der Waals surface area contributed by atoms with Gasteiger partial charge in [-0.2, -0.15) is 0 Å². The summed E-state index contributed by atoms with van der Waals surface area (Å²) < 4.78 is 9.86. The number of para-hydroxylation sites is 2. The summed E-state index contributed by atoms with van der Waals surface area (Å²) in [6.07, 6.45) is 12.7. The summed E-state index contributed by atoms with van der Waals surface area (Å²) in [6.45, 7) is 0. The molecule has 0 saturated heterocycles. The van der Waals surface area contributed by atoms with Gasteiger partial charge in [-0.15, -0.1) is 0 Å². The van der Waals surface area contributed by atoms with Crippen LogP contribution in [0.1, 0.15) is 32.1 Å². The maximum atomic E-state index is 12.6. The summed E-state index contributed by atoms with van der Waals surface area (Å²) in [5, 5.41) is 3.62. The van der Waals surface area contributed by atoms with E-state index >= 15 is 0 Å². The molecule has 3 rings (SSSR count). The number of anilines is 2. The molecule has 0 radical (unpaired) electrons. The average Bonchev–Trinajstić information content (AvgIpc) is 2.96. The Bertz CT molecular complexity index is 820. The number of ether oxygens (including phenoxy) is 2. The van der Waals surface area contributed by atoms with Crippen molar-refractivity contribution in [1.29, 1.82) is 0 Å². The van der Waals surface area contributed by atoms with Gasteiger partial charge in [0.1, 0.15) is 5.70 Å². The molecule has 1 aliphatic carbocycles. The number of carbonyl (C=O) groups is 2. The first kappa shape index (κ1) is 19.7. The van der Waals surface area contributed by atoms with Crippen LogP contribution in [0.2, 0.25) is 0 Å². The Labute approximate surface area is 165 Å². The van der Waals surface area contributed by atoms with E-state index in [9.17, 15) is 9.59 Å². The van der Waals surface area contributed by atoms with Crippen molar-refractivity contribution in [2.45, 2.75) is 38.1 Å². The van der Waals surface area contributed by atoms with Gasteiger partial charge in [0.2, 0.25) is 0 Å². The lowest BCUT2D eigenvalue weighted by atomic mass is 9.95. The summed E-state index contributed by atoms with van der Waals surface area (Å²) in [4.78, 5) is 26.6. The van der Waals surface area contributed by atoms with Crippen LogP contribution in [0.5, 0.6) is 0 Å². The van der Waals surface area contributed by atoms with Gasteiger partial charge in [0, 0.05) is 12.2 Å². The Balaban J connectivity index is 2.05. The van der Waals surface area contributed by atoms with Crippen LogP contribution in [0.15, 0.2) is 60.0 Å². The van der Waals surface area contributed by atoms with Gasteiger partial charge in [-0.1, -0.05) is 37.5 Å². The molecule has 0 spiro atoms. The molecule has 1 fully saturated rings. The van der Waals surface area contributed by atoms with Crippen LogP contribution in [0, 0.1) is 0 Å². The van der Waals surface area contributed by atoms with Crippen molar-refractivity contribution in [3.8, 4) is 0 Å². The number of esters is 2. The first-order valence-electron chi connectivity index (χ1n) is 9.56. The van der Waals surface area contributed by atoms with Crippen molar-refractivity contribution in [3.63, 3.8) is 0 Å². The predicted molar refractivity (Wildman–Crippen MR) is 109 cm³/mol. The molecule has 0 atom stereocenters. The molecule has 0 unspecified atom stereocenters. The normalized spacial score (nSPS) is 17.3. The van der Waals surface area contributed by atoms with Gasteiger partial charge in [-0.25, -0.2) is 9.59 Å². The first-order chi connectivity index (χ1) is 13.7. The molecule has 1 heterocycles. The Hall–Kier alpha value is -3.02. The third-order valence-corrected chi connectivity index (χ3v) is 5.02.